The maximum atomic E-state index is 5.89. The maximum absolute atomic E-state index is 5.89. The Hall–Kier alpha value is -0.920. The van der Waals surface area contributed by atoms with Gasteiger partial charge in [0.2, 0.25) is 0 Å². The highest BCUT2D eigenvalue weighted by Crippen LogP contribution is 2.73. The molecule has 114 valence electrons. The lowest BCUT2D eigenvalue weighted by Crippen LogP contribution is -2.43. The van der Waals surface area contributed by atoms with Gasteiger partial charge >= 0.3 is 0 Å². The average Bonchev–Trinajstić information content (AvgIpc) is 3.21. The van der Waals surface area contributed by atoms with E-state index in [2.05, 4.69) is 13.2 Å². The zero-order valence-electron chi connectivity index (χ0n) is 12.7. The molecule has 0 saturated heterocycles. The molecule has 5 saturated carbocycles. The molecule has 0 spiro atoms. The second kappa shape index (κ2) is 4.30. The summed E-state index contributed by atoms with van der Waals surface area (Å²) in [7, 11) is 0. The fourth-order valence-electron chi connectivity index (χ4n) is 7.80. The van der Waals surface area contributed by atoms with Gasteiger partial charge in [-0.25, -0.2) is 0 Å². The normalized spacial score (nSPS) is 58.9. The third-order valence-corrected chi connectivity index (χ3v) is 7.90. The molecule has 21 heavy (non-hydrogen) atoms. The predicted molar refractivity (Wildman–Crippen MR) is 81.1 cm³/mol. The molecule has 4 bridgehead atoms. The summed E-state index contributed by atoms with van der Waals surface area (Å²) in [5.41, 5.74) is 0. The Morgan fingerprint density at radius 3 is 2.29 bits per heavy atom. The number of ether oxygens (including phenoxy) is 2. The lowest BCUT2D eigenvalue weighted by Gasteiger charge is -2.43. The molecule has 5 fully saturated rings. The van der Waals surface area contributed by atoms with E-state index < -0.39 is 0 Å². The van der Waals surface area contributed by atoms with Crippen molar-refractivity contribution in [3.8, 4) is 0 Å². The van der Waals surface area contributed by atoms with Gasteiger partial charge in [0.05, 0.1) is 12.5 Å². The zero-order chi connectivity index (χ0) is 14.1. The predicted octanol–water partition coefficient (Wildman–Crippen LogP) is 3.99. The van der Waals surface area contributed by atoms with Crippen molar-refractivity contribution in [2.24, 2.45) is 47.3 Å². The van der Waals surface area contributed by atoms with Gasteiger partial charge in [-0.05, 0) is 73.5 Å². The molecule has 0 N–H and O–H groups in total. The van der Waals surface area contributed by atoms with Crippen molar-refractivity contribution in [2.45, 2.75) is 44.3 Å². The van der Waals surface area contributed by atoms with E-state index in [0.29, 0.717) is 12.2 Å². The van der Waals surface area contributed by atoms with E-state index in [0.717, 1.165) is 47.3 Å². The van der Waals surface area contributed by atoms with Crippen LogP contribution in [-0.4, -0.2) is 12.2 Å². The number of fused-ring (bicyclic) bond motifs is 12. The first-order valence-electron chi connectivity index (χ1n) is 8.86. The largest absolute Gasteiger partial charge is 0.498 e. The van der Waals surface area contributed by atoms with Crippen LogP contribution in [0.1, 0.15) is 32.1 Å². The van der Waals surface area contributed by atoms with Crippen LogP contribution in [0.4, 0.5) is 0 Å². The van der Waals surface area contributed by atoms with Crippen LogP contribution in [0, 0.1) is 47.3 Å². The molecule has 10 atom stereocenters. The third-order valence-electron chi connectivity index (χ3n) is 7.90. The van der Waals surface area contributed by atoms with Gasteiger partial charge < -0.3 is 9.47 Å². The second-order valence-corrected chi connectivity index (χ2v) is 8.11. The van der Waals surface area contributed by atoms with Crippen molar-refractivity contribution in [3.05, 3.63) is 25.7 Å². The quantitative estimate of drug-likeness (QED) is 0.574. The Bertz CT molecular complexity index is 472. The Morgan fingerprint density at radius 2 is 1.48 bits per heavy atom. The maximum Gasteiger partial charge on any atom is 0.101 e. The van der Waals surface area contributed by atoms with E-state index in [-0.39, 0.29) is 0 Å². The highest BCUT2D eigenvalue weighted by molar-refractivity contribution is 5.18. The number of rotatable bonds is 4. The van der Waals surface area contributed by atoms with Crippen LogP contribution in [0.15, 0.2) is 25.7 Å². The van der Waals surface area contributed by atoms with Crippen LogP contribution in [0.5, 0.6) is 0 Å². The molecule has 0 aromatic carbocycles. The third kappa shape index (κ3) is 1.44. The van der Waals surface area contributed by atoms with Crippen LogP contribution in [0.25, 0.3) is 0 Å². The first-order chi connectivity index (χ1) is 10.3. The van der Waals surface area contributed by atoms with Gasteiger partial charge in [-0.1, -0.05) is 13.2 Å². The van der Waals surface area contributed by atoms with Crippen molar-refractivity contribution in [1.29, 1.82) is 0 Å². The van der Waals surface area contributed by atoms with Gasteiger partial charge in [-0.2, -0.15) is 0 Å². The van der Waals surface area contributed by atoms with E-state index in [1.807, 2.05) is 0 Å². The topological polar surface area (TPSA) is 18.5 Å². The molecule has 5 aliphatic rings. The highest BCUT2D eigenvalue weighted by Gasteiger charge is 2.69. The first-order valence-corrected chi connectivity index (χ1v) is 8.86. The molecular weight excluding hydrogens is 260 g/mol. The monoisotopic (exact) mass is 286 g/mol. The van der Waals surface area contributed by atoms with Crippen molar-refractivity contribution in [3.63, 3.8) is 0 Å². The minimum atomic E-state index is 0.460. The highest BCUT2D eigenvalue weighted by atomic mass is 16.5. The Kier molecular flexibility index (Phi) is 2.58. The number of hydrogen-bond donors (Lipinski definition) is 0. The van der Waals surface area contributed by atoms with Crippen LogP contribution in [0.3, 0.4) is 0 Å². The van der Waals surface area contributed by atoms with Crippen molar-refractivity contribution < 1.29 is 9.47 Å². The fourth-order valence-corrected chi connectivity index (χ4v) is 7.80. The Labute approximate surface area is 127 Å². The van der Waals surface area contributed by atoms with Gasteiger partial charge in [0.15, 0.2) is 0 Å². The lowest BCUT2D eigenvalue weighted by atomic mass is 9.63. The van der Waals surface area contributed by atoms with Crippen LogP contribution in [-0.2, 0) is 9.47 Å². The van der Waals surface area contributed by atoms with E-state index >= 15 is 0 Å². The summed E-state index contributed by atoms with van der Waals surface area (Å²) < 4.78 is 11.7. The van der Waals surface area contributed by atoms with Crippen molar-refractivity contribution in [2.75, 3.05) is 0 Å². The summed E-state index contributed by atoms with van der Waals surface area (Å²) in [5.74, 6) is 7.38. The van der Waals surface area contributed by atoms with Gasteiger partial charge in [-0.15, -0.1) is 0 Å². The van der Waals surface area contributed by atoms with E-state index in [1.54, 1.807) is 12.5 Å². The molecule has 2 heteroatoms. The summed E-state index contributed by atoms with van der Waals surface area (Å²) >= 11 is 0. The Morgan fingerprint density at radius 1 is 0.667 bits per heavy atom. The zero-order valence-corrected chi connectivity index (χ0v) is 12.7. The van der Waals surface area contributed by atoms with Crippen molar-refractivity contribution >= 4 is 0 Å². The van der Waals surface area contributed by atoms with E-state index in [9.17, 15) is 0 Å². The summed E-state index contributed by atoms with van der Waals surface area (Å²) in [5, 5.41) is 0. The average molecular weight is 286 g/mol. The molecule has 0 heterocycles. The minimum absolute atomic E-state index is 0.460. The first kappa shape index (κ1) is 12.6. The molecule has 10 unspecified atom stereocenters. The van der Waals surface area contributed by atoms with E-state index in [4.69, 9.17) is 9.47 Å². The van der Waals surface area contributed by atoms with Gasteiger partial charge in [0.25, 0.3) is 0 Å². The summed E-state index contributed by atoms with van der Waals surface area (Å²) in [6.45, 7) is 7.57. The molecular formula is C19H26O2. The van der Waals surface area contributed by atoms with Gasteiger partial charge in [0, 0.05) is 5.92 Å². The van der Waals surface area contributed by atoms with Gasteiger partial charge in [-0.3, -0.25) is 0 Å². The van der Waals surface area contributed by atoms with Crippen LogP contribution >= 0.6 is 0 Å². The molecule has 0 aromatic rings. The lowest BCUT2D eigenvalue weighted by molar-refractivity contribution is -0.0300. The van der Waals surface area contributed by atoms with Gasteiger partial charge in [0.1, 0.15) is 12.2 Å². The van der Waals surface area contributed by atoms with Crippen LogP contribution < -0.4 is 0 Å². The molecule has 0 aliphatic heterocycles. The minimum Gasteiger partial charge on any atom is -0.498 e. The number of hydrogen-bond acceptors (Lipinski definition) is 2. The molecule has 2 nitrogen and oxygen atoms in total. The molecule has 0 amide bonds. The molecule has 0 radical (unpaired) electrons. The molecule has 5 aliphatic carbocycles. The molecule has 5 rings (SSSR count). The smallest absolute Gasteiger partial charge is 0.101 e. The fraction of sp³-hybridized carbons (Fsp3) is 0.789. The molecule has 0 aromatic heterocycles. The Balaban J connectivity index is 1.44. The standard InChI is InChI=1S/C19H26O2/c1-3-20-15-6-5-11-12-9-14(18(11)15)19-13-7-10(17(12)19)8-16(13)21-4-2/h3-4,10-19H,1-2,5-9H2. The second-order valence-electron chi connectivity index (χ2n) is 8.11. The van der Waals surface area contributed by atoms with Crippen LogP contribution in [0.2, 0.25) is 0 Å². The van der Waals surface area contributed by atoms with E-state index in [1.165, 1.54) is 32.1 Å². The summed E-state index contributed by atoms with van der Waals surface area (Å²) in [4.78, 5) is 0. The summed E-state index contributed by atoms with van der Waals surface area (Å²) in [6, 6.07) is 0. The SMILES string of the molecule is C=COC1CC2CC1C1C3CC(C4CCC(OC=C)C43)C21. The van der Waals surface area contributed by atoms with Crippen molar-refractivity contribution in [1.82, 2.24) is 0 Å². The summed E-state index contributed by atoms with van der Waals surface area (Å²) in [6.07, 6.45) is 11.1.